The van der Waals surface area contributed by atoms with E-state index in [2.05, 4.69) is 5.10 Å². The molecule has 1 saturated heterocycles. The van der Waals surface area contributed by atoms with Crippen LogP contribution in [-0.4, -0.2) is 45.3 Å². The minimum absolute atomic E-state index is 0.0449. The highest BCUT2D eigenvalue weighted by atomic mass is 16.2. The average molecular weight is 291 g/mol. The number of carbonyl (C=O) groups is 1. The van der Waals surface area contributed by atoms with E-state index in [9.17, 15) is 4.79 Å². The first-order valence-electron chi connectivity index (χ1n) is 7.83. The van der Waals surface area contributed by atoms with E-state index in [1.165, 1.54) is 6.42 Å². The number of aryl methyl sites for hydroxylation is 1. The van der Waals surface area contributed by atoms with Crippen LogP contribution in [0.1, 0.15) is 43.7 Å². The van der Waals surface area contributed by atoms with Gasteiger partial charge in [-0.1, -0.05) is 19.3 Å². The zero-order valence-electron chi connectivity index (χ0n) is 12.7. The molecule has 1 saturated carbocycles. The maximum Gasteiger partial charge on any atom is 0.242 e. The second-order valence-corrected chi connectivity index (χ2v) is 6.58. The zero-order valence-corrected chi connectivity index (χ0v) is 12.7. The molecule has 0 spiro atoms. The summed E-state index contributed by atoms with van der Waals surface area (Å²) in [5.74, 6) is 0.232. The molecule has 1 amide bonds. The highest BCUT2D eigenvalue weighted by molar-refractivity contribution is 5.86. The maximum absolute atomic E-state index is 12.8. The van der Waals surface area contributed by atoms with E-state index in [0.29, 0.717) is 13.1 Å². The van der Waals surface area contributed by atoms with Crippen molar-refractivity contribution in [1.29, 1.82) is 0 Å². The predicted octanol–water partition coefficient (Wildman–Crippen LogP) is 0.335. The van der Waals surface area contributed by atoms with Gasteiger partial charge in [0.1, 0.15) is 0 Å². The molecule has 2 atom stereocenters. The van der Waals surface area contributed by atoms with Gasteiger partial charge in [-0.05, 0) is 18.9 Å². The van der Waals surface area contributed by atoms with Crippen molar-refractivity contribution in [3.8, 4) is 0 Å². The molecular weight excluding hydrogens is 266 g/mol. The third-order valence-corrected chi connectivity index (χ3v) is 5.06. The number of hydrogen-bond donors (Lipinski definition) is 2. The Bertz CT molecular complexity index is 520. The standard InChI is InChI=1S/C15H25N5O/c1-19-13(5-8-18-19)11-9-20(10-12(11)16)14(21)15(17)6-3-2-4-7-15/h5,8,11-12H,2-4,6-7,9-10,16-17H2,1H3/t11-,12-/m1/s1. The predicted molar refractivity (Wildman–Crippen MR) is 80.5 cm³/mol. The van der Waals surface area contributed by atoms with E-state index in [-0.39, 0.29) is 17.9 Å². The number of nitrogens with two attached hydrogens (primary N) is 2. The van der Waals surface area contributed by atoms with Gasteiger partial charge < -0.3 is 16.4 Å². The van der Waals surface area contributed by atoms with Crippen LogP contribution in [0.25, 0.3) is 0 Å². The first-order chi connectivity index (χ1) is 10.0. The third-order valence-electron chi connectivity index (χ3n) is 5.06. The molecule has 4 N–H and O–H groups in total. The van der Waals surface area contributed by atoms with Crippen molar-refractivity contribution in [2.45, 2.75) is 49.6 Å². The minimum atomic E-state index is -0.667. The molecule has 0 unspecified atom stereocenters. The van der Waals surface area contributed by atoms with E-state index in [1.54, 1.807) is 6.20 Å². The fraction of sp³-hybridized carbons (Fsp3) is 0.733. The van der Waals surface area contributed by atoms with Gasteiger partial charge in [0, 0.05) is 44.0 Å². The summed E-state index contributed by atoms with van der Waals surface area (Å²) in [5, 5.41) is 4.20. The molecule has 2 fully saturated rings. The quantitative estimate of drug-likeness (QED) is 0.822. The largest absolute Gasteiger partial charge is 0.339 e. The van der Waals surface area contributed by atoms with Crippen molar-refractivity contribution in [1.82, 2.24) is 14.7 Å². The molecule has 1 aromatic rings. The van der Waals surface area contributed by atoms with Crippen molar-refractivity contribution in [3.63, 3.8) is 0 Å². The second-order valence-electron chi connectivity index (χ2n) is 6.58. The first-order valence-corrected chi connectivity index (χ1v) is 7.83. The minimum Gasteiger partial charge on any atom is -0.339 e. The van der Waals surface area contributed by atoms with Crippen LogP contribution in [0.2, 0.25) is 0 Å². The number of nitrogens with zero attached hydrogens (tertiary/aromatic N) is 3. The van der Waals surface area contributed by atoms with Crippen molar-refractivity contribution >= 4 is 5.91 Å². The van der Waals surface area contributed by atoms with E-state index in [0.717, 1.165) is 31.4 Å². The number of carbonyl (C=O) groups excluding carboxylic acids is 1. The summed E-state index contributed by atoms with van der Waals surface area (Å²) in [7, 11) is 1.91. The van der Waals surface area contributed by atoms with E-state index >= 15 is 0 Å². The lowest BCUT2D eigenvalue weighted by atomic mass is 9.81. The Morgan fingerprint density at radius 1 is 1.33 bits per heavy atom. The first kappa shape index (κ1) is 14.5. The summed E-state index contributed by atoms with van der Waals surface area (Å²) in [6.07, 6.45) is 6.66. The Labute approximate surface area is 125 Å². The molecule has 2 aliphatic rings. The van der Waals surface area contributed by atoms with Crippen molar-refractivity contribution in [2.75, 3.05) is 13.1 Å². The summed E-state index contributed by atoms with van der Waals surface area (Å²) in [5.41, 5.74) is 13.1. The smallest absolute Gasteiger partial charge is 0.242 e. The Balaban J connectivity index is 1.73. The van der Waals surface area contributed by atoms with Gasteiger partial charge in [-0.3, -0.25) is 9.48 Å². The molecule has 2 heterocycles. The Kier molecular flexibility index (Phi) is 3.75. The number of aromatic nitrogens is 2. The molecule has 6 nitrogen and oxygen atoms in total. The normalized spacial score (nSPS) is 28.8. The molecule has 21 heavy (non-hydrogen) atoms. The van der Waals surface area contributed by atoms with Crippen LogP contribution < -0.4 is 11.5 Å². The van der Waals surface area contributed by atoms with Gasteiger partial charge in [-0.25, -0.2) is 0 Å². The van der Waals surface area contributed by atoms with Gasteiger partial charge in [-0.2, -0.15) is 5.10 Å². The monoisotopic (exact) mass is 291 g/mol. The second kappa shape index (κ2) is 5.42. The van der Waals surface area contributed by atoms with E-state index in [1.807, 2.05) is 22.7 Å². The zero-order chi connectivity index (χ0) is 15.0. The van der Waals surface area contributed by atoms with Crippen LogP contribution in [0.5, 0.6) is 0 Å². The van der Waals surface area contributed by atoms with Gasteiger partial charge >= 0.3 is 0 Å². The molecule has 1 aliphatic carbocycles. The fourth-order valence-electron chi connectivity index (χ4n) is 3.77. The summed E-state index contributed by atoms with van der Waals surface area (Å²) >= 11 is 0. The van der Waals surface area contributed by atoms with Crippen LogP contribution in [0, 0.1) is 0 Å². The van der Waals surface area contributed by atoms with E-state index in [4.69, 9.17) is 11.5 Å². The average Bonchev–Trinajstić information content (AvgIpc) is 3.04. The fourth-order valence-corrected chi connectivity index (χ4v) is 3.77. The summed E-state index contributed by atoms with van der Waals surface area (Å²) in [6.45, 7) is 1.24. The number of likely N-dealkylation sites (tertiary alicyclic amines) is 1. The Hall–Kier alpha value is -1.40. The van der Waals surface area contributed by atoms with Gasteiger partial charge in [0.25, 0.3) is 0 Å². The number of amides is 1. The van der Waals surface area contributed by atoms with E-state index < -0.39 is 5.54 Å². The highest BCUT2D eigenvalue weighted by Crippen LogP contribution is 2.32. The van der Waals surface area contributed by atoms with Crippen molar-refractivity contribution < 1.29 is 4.79 Å². The van der Waals surface area contributed by atoms with Crippen LogP contribution in [-0.2, 0) is 11.8 Å². The Morgan fingerprint density at radius 3 is 2.67 bits per heavy atom. The molecule has 0 radical (unpaired) electrons. The van der Waals surface area contributed by atoms with Crippen LogP contribution in [0.4, 0.5) is 0 Å². The SMILES string of the molecule is Cn1nccc1[C@@H]1CN(C(=O)C2(N)CCCCC2)C[C@H]1N. The van der Waals surface area contributed by atoms with Crippen molar-refractivity contribution in [3.05, 3.63) is 18.0 Å². The van der Waals surface area contributed by atoms with Gasteiger partial charge in [0.2, 0.25) is 5.91 Å². The highest BCUT2D eigenvalue weighted by Gasteiger charge is 2.43. The molecular formula is C15H25N5O. The molecule has 1 aliphatic heterocycles. The maximum atomic E-state index is 12.8. The number of rotatable bonds is 2. The molecule has 0 bridgehead atoms. The van der Waals surface area contributed by atoms with Gasteiger partial charge in [0.15, 0.2) is 0 Å². The summed E-state index contributed by atoms with van der Waals surface area (Å²) < 4.78 is 1.84. The van der Waals surface area contributed by atoms with Gasteiger partial charge in [0.05, 0.1) is 5.54 Å². The molecule has 116 valence electrons. The lowest BCUT2D eigenvalue weighted by molar-refractivity contribution is -0.137. The van der Waals surface area contributed by atoms with Crippen LogP contribution in [0.3, 0.4) is 0 Å². The van der Waals surface area contributed by atoms with Crippen LogP contribution in [0.15, 0.2) is 12.3 Å². The topological polar surface area (TPSA) is 90.2 Å². The third kappa shape index (κ3) is 2.58. The molecule has 1 aromatic heterocycles. The van der Waals surface area contributed by atoms with Gasteiger partial charge in [-0.15, -0.1) is 0 Å². The van der Waals surface area contributed by atoms with Crippen molar-refractivity contribution in [2.24, 2.45) is 18.5 Å². The van der Waals surface area contributed by atoms with Crippen LogP contribution >= 0.6 is 0 Å². The summed E-state index contributed by atoms with van der Waals surface area (Å²) in [4.78, 5) is 14.7. The lowest BCUT2D eigenvalue weighted by Gasteiger charge is -2.35. The Morgan fingerprint density at radius 2 is 2.05 bits per heavy atom. The molecule has 6 heteroatoms. The lowest BCUT2D eigenvalue weighted by Crippen LogP contribution is -2.56. The summed E-state index contributed by atoms with van der Waals surface area (Å²) in [6, 6.07) is 1.94. The molecule has 0 aromatic carbocycles. The number of hydrogen-bond acceptors (Lipinski definition) is 4. The molecule has 3 rings (SSSR count).